The van der Waals surface area contributed by atoms with Gasteiger partial charge < -0.3 is 13.6 Å². The summed E-state index contributed by atoms with van der Waals surface area (Å²) in [7, 11) is 0. The number of carbonyl (C=O) groups is 1. The standard InChI is InChI=1S/C25H18ClN3O7S/c1-3-34-24(31)21-13(2)27-25-28(23(30)20(37-25)12-15-5-4-10-35-15)22(21)19-9-8-18(36-19)16-11-14(29(32)33)6-7-17(16)26/h4-12,22H,3H2,1-2H3/b20-12-/t22-/m1/s1. The minimum Gasteiger partial charge on any atom is -0.465 e. The number of nitrogens with zero attached hydrogens (tertiary/aromatic N) is 3. The number of ether oxygens (including phenoxy) is 1. The van der Waals surface area contributed by atoms with Crippen LogP contribution in [0.15, 0.2) is 78.6 Å². The van der Waals surface area contributed by atoms with Crippen LogP contribution in [0.25, 0.3) is 17.4 Å². The van der Waals surface area contributed by atoms with Crippen LogP contribution in [0.2, 0.25) is 5.02 Å². The van der Waals surface area contributed by atoms with Crippen molar-refractivity contribution < 1.29 is 23.3 Å². The van der Waals surface area contributed by atoms with Crippen molar-refractivity contribution in [1.82, 2.24) is 4.57 Å². The molecule has 3 aromatic heterocycles. The number of furan rings is 2. The van der Waals surface area contributed by atoms with E-state index in [1.165, 1.54) is 29.0 Å². The van der Waals surface area contributed by atoms with Crippen molar-refractivity contribution in [3.8, 4) is 11.3 Å². The summed E-state index contributed by atoms with van der Waals surface area (Å²) < 4.78 is 18.4. The predicted octanol–water partition coefficient (Wildman–Crippen LogP) is 4.21. The van der Waals surface area contributed by atoms with Crippen LogP contribution in [0.1, 0.15) is 31.4 Å². The third kappa shape index (κ3) is 4.43. The summed E-state index contributed by atoms with van der Waals surface area (Å²) >= 11 is 7.45. The maximum absolute atomic E-state index is 13.5. The molecule has 0 N–H and O–H groups in total. The number of esters is 1. The Balaban J connectivity index is 1.70. The van der Waals surface area contributed by atoms with Crippen LogP contribution >= 0.6 is 22.9 Å². The fourth-order valence-corrected chi connectivity index (χ4v) is 5.26. The van der Waals surface area contributed by atoms with E-state index in [0.717, 1.165) is 11.3 Å². The third-order valence-corrected chi connectivity index (χ3v) is 6.97. The number of aromatic nitrogens is 1. The second-order valence-corrected chi connectivity index (χ2v) is 9.36. The van der Waals surface area contributed by atoms with E-state index >= 15 is 0 Å². The molecule has 10 nitrogen and oxygen atoms in total. The number of non-ortho nitro benzene ring substituents is 1. The van der Waals surface area contributed by atoms with Gasteiger partial charge in [-0.15, -0.1) is 0 Å². The van der Waals surface area contributed by atoms with Crippen molar-refractivity contribution in [1.29, 1.82) is 0 Å². The van der Waals surface area contributed by atoms with E-state index in [1.807, 2.05) is 0 Å². The van der Waals surface area contributed by atoms with E-state index in [4.69, 9.17) is 25.2 Å². The van der Waals surface area contributed by atoms with E-state index in [1.54, 1.807) is 44.2 Å². The summed E-state index contributed by atoms with van der Waals surface area (Å²) in [6.45, 7) is 3.46. The number of benzene rings is 1. The Bertz CT molecular complexity index is 1740. The van der Waals surface area contributed by atoms with Gasteiger partial charge >= 0.3 is 5.97 Å². The molecule has 1 aromatic carbocycles. The van der Waals surface area contributed by atoms with Gasteiger partial charge in [0.15, 0.2) is 4.80 Å². The van der Waals surface area contributed by atoms with E-state index in [9.17, 15) is 19.7 Å². The second-order valence-electron chi connectivity index (χ2n) is 7.94. The first kappa shape index (κ1) is 24.5. The fourth-order valence-electron chi connectivity index (χ4n) is 4.02. The lowest BCUT2D eigenvalue weighted by Crippen LogP contribution is -2.39. The van der Waals surface area contributed by atoms with Gasteiger partial charge in [0.2, 0.25) is 0 Å². The molecule has 188 valence electrons. The van der Waals surface area contributed by atoms with Gasteiger partial charge in [0.1, 0.15) is 23.3 Å². The van der Waals surface area contributed by atoms with Crippen LogP contribution in [0.3, 0.4) is 0 Å². The number of hydrogen-bond acceptors (Lipinski definition) is 9. The molecule has 37 heavy (non-hydrogen) atoms. The van der Waals surface area contributed by atoms with Crippen molar-refractivity contribution in [2.45, 2.75) is 19.9 Å². The van der Waals surface area contributed by atoms with E-state index in [-0.39, 0.29) is 34.4 Å². The summed E-state index contributed by atoms with van der Waals surface area (Å²) in [5.74, 6) is 0.323. The number of hydrogen-bond donors (Lipinski definition) is 0. The molecule has 0 amide bonds. The van der Waals surface area contributed by atoms with Crippen molar-refractivity contribution in [2.24, 2.45) is 4.99 Å². The van der Waals surface area contributed by atoms with Gasteiger partial charge in [-0.25, -0.2) is 9.79 Å². The molecule has 4 aromatic rings. The summed E-state index contributed by atoms with van der Waals surface area (Å²) in [4.78, 5) is 42.1. The number of nitro benzene ring substituents is 1. The smallest absolute Gasteiger partial charge is 0.338 e. The van der Waals surface area contributed by atoms with Crippen LogP contribution in [0.5, 0.6) is 0 Å². The highest BCUT2D eigenvalue weighted by Gasteiger charge is 2.35. The Morgan fingerprint density at radius 3 is 2.84 bits per heavy atom. The number of halogens is 1. The SMILES string of the molecule is CCOC(=O)C1=C(C)N=c2s/c(=C\c3ccco3)c(=O)n2[C@@H]1c1ccc(-c2cc([N+](=O)[O-])ccc2Cl)o1. The zero-order valence-corrected chi connectivity index (χ0v) is 21.0. The molecule has 1 atom stereocenters. The molecule has 0 unspecified atom stereocenters. The highest BCUT2D eigenvalue weighted by atomic mass is 35.5. The molecule has 1 aliphatic rings. The maximum atomic E-state index is 13.5. The first-order chi connectivity index (χ1) is 17.8. The summed E-state index contributed by atoms with van der Waals surface area (Å²) in [5.41, 5.74) is 0.258. The van der Waals surface area contributed by atoms with Gasteiger partial charge in [-0.3, -0.25) is 19.5 Å². The van der Waals surface area contributed by atoms with Gasteiger partial charge in [-0.1, -0.05) is 22.9 Å². The minimum absolute atomic E-state index is 0.123. The molecule has 0 aliphatic carbocycles. The fraction of sp³-hybridized carbons (Fsp3) is 0.160. The van der Waals surface area contributed by atoms with E-state index in [0.29, 0.717) is 26.4 Å². The summed E-state index contributed by atoms with van der Waals surface area (Å²) in [6, 6.07) is 9.60. The Morgan fingerprint density at radius 2 is 2.14 bits per heavy atom. The normalized spacial score (nSPS) is 15.4. The lowest BCUT2D eigenvalue weighted by molar-refractivity contribution is -0.384. The lowest BCUT2D eigenvalue weighted by atomic mass is 10.0. The number of nitro groups is 1. The van der Waals surface area contributed by atoms with Gasteiger partial charge in [0, 0.05) is 23.8 Å². The van der Waals surface area contributed by atoms with Crippen molar-refractivity contribution in [3.63, 3.8) is 0 Å². The molecule has 4 heterocycles. The predicted molar refractivity (Wildman–Crippen MR) is 135 cm³/mol. The molecule has 1 aliphatic heterocycles. The Labute approximate surface area is 217 Å². The van der Waals surface area contributed by atoms with Crippen molar-refractivity contribution in [3.05, 3.63) is 106 Å². The molecule has 0 radical (unpaired) electrons. The van der Waals surface area contributed by atoms with Crippen LogP contribution in [-0.4, -0.2) is 22.1 Å². The van der Waals surface area contributed by atoms with Crippen LogP contribution in [0, 0.1) is 10.1 Å². The van der Waals surface area contributed by atoms with Gasteiger partial charge in [-0.05, 0) is 44.2 Å². The molecule has 0 spiro atoms. The molecule has 0 saturated heterocycles. The zero-order valence-electron chi connectivity index (χ0n) is 19.5. The minimum atomic E-state index is -0.986. The number of fused-ring (bicyclic) bond motifs is 1. The highest BCUT2D eigenvalue weighted by molar-refractivity contribution is 7.07. The molecular formula is C25H18ClN3O7S. The van der Waals surface area contributed by atoms with Crippen LogP contribution in [-0.2, 0) is 9.53 Å². The molecule has 5 rings (SSSR count). The zero-order chi connectivity index (χ0) is 26.3. The first-order valence-electron chi connectivity index (χ1n) is 11.1. The Kier molecular flexibility index (Phi) is 6.40. The average molecular weight is 540 g/mol. The van der Waals surface area contributed by atoms with Gasteiger partial charge in [0.05, 0.1) is 38.6 Å². The second kappa shape index (κ2) is 9.68. The summed E-state index contributed by atoms with van der Waals surface area (Å²) in [5, 5.41) is 11.5. The van der Waals surface area contributed by atoms with Crippen molar-refractivity contribution >= 4 is 40.7 Å². The number of carbonyl (C=O) groups excluding carboxylic acids is 1. The topological polar surface area (TPSA) is 130 Å². The van der Waals surface area contributed by atoms with E-state index in [2.05, 4.69) is 4.99 Å². The van der Waals surface area contributed by atoms with Crippen LogP contribution in [0.4, 0.5) is 5.69 Å². The Hall–Kier alpha value is -4.22. The average Bonchev–Trinajstić information content (AvgIpc) is 3.60. The molecule has 0 bridgehead atoms. The molecule has 12 heteroatoms. The number of thiazole rings is 1. The monoisotopic (exact) mass is 539 g/mol. The first-order valence-corrected chi connectivity index (χ1v) is 12.2. The molecule has 0 saturated carbocycles. The molecular weight excluding hydrogens is 522 g/mol. The number of rotatable bonds is 6. The Morgan fingerprint density at radius 1 is 1.32 bits per heavy atom. The molecule has 0 fully saturated rings. The third-order valence-electron chi connectivity index (χ3n) is 5.66. The number of allylic oxidation sites excluding steroid dienone is 1. The highest BCUT2D eigenvalue weighted by Crippen LogP contribution is 2.37. The largest absolute Gasteiger partial charge is 0.465 e. The quantitative estimate of drug-likeness (QED) is 0.204. The summed E-state index contributed by atoms with van der Waals surface area (Å²) in [6.07, 6.45) is 3.10. The van der Waals surface area contributed by atoms with Gasteiger partial charge in [-0.2, -0.15) is 0 Å². The maximum Gasteiger partial charge on any atom is 0.338 e. The van der Waals surface area contributed by atoms with Gasteiger partial charge in [0.25, 0.3) is 11.2 Å². The van der Waals surface area contributed by atoms with E-state index < -0.39 is 22.5 Å². The van der Waals surface area contributed by atoms with Crippen molar-refractivity contribution in [2.75, 3.05) is 6.61 Å². The van der Waals surface area contributed by atoms with Crippen LogP contribution < -0.4 is 14.9 Å². The lowest BCUT2D eigenvalue weighted by Gasteiger charge is -2.22.